The molecule has 1 aliphatic heterocycles. The van der Waals surface area contributed by atoms with E-state index in [1.54, 1.807) is 18.2 Å². The highest BCUT2D eigenvalue weighted by Gasteiger charge is 2.34. The molecule has 0 saturated carbocycles. The number of rotatable bonds is 4. The third kappa shape index (κ3) is 4.51. The van der Waals surface area contributed by atoms with Crippen molar-refractivity contribution in [3.05, 3.63) is 60.4 Å². The molecule has 1 atom stereocenters. The SMILES string of the molecule is CC1COCCN1c1ccc(Nc2cc(C(F)(F)F)nc(-c3ccccn3)n2)cc1. The molecule has 4 rings (SSSR count). The van der Waals surface area contributed by atoms with Gasteiger partial charge in [-0.3, -0.25) is 4.98 Å². The molecule has 1 aromatic carbocycles. The van der Waals surface area contributed by atoms with Gasteiger partial charge in [-0.1, -0.05) is 6.07 Å². The lowest BCUT2D eigenvalue weighted by atomic mass is 10.2. The van der Waals surface area contributed by atoms with Crippen molar-refractivity contribution in [2.75, 3.05) is 30.0 Å². The third-order valence-corrected chi connectivity index (χ3v) is 4.75. The fourth-order valence-corrected chi connectivity index (χ4v) is 3.26. The van der Waals surface area contributed by atoms with E-state index in [2.05, 4.69) is 32.1 Å². The van der Waals surface area contributed by atoms with Gasteiger partial charge in [-0.15, -0.1) is 0 Å². The lowest BCUT2D eigenvalue weighted by molar-refractivity contribution is -0.141. The summed E-state index contributed by atoms with van der Waals surface area (Å²) in [5.74, 6) is -0.0443. The Kier molecular flexibility index (Phi) is 5.54. The first kappa shape index (κ1) is 20.1. The first-order valence-electron chi connectivity index (χ1n) is 9.49. The molecule has 3 heterocycles. The van der Waals surface area contributed by atoms with Crippen molar-refractivity contribution in [3.8, 4) is 11.5 Å². The Morgan fingerprint density at radius 2 is 1.90 bits per heavy atom. The normalized spacial score (nSPS) is 17.1. The van der Waals surface area contributed by atoms with E-state index in [1.807, 2.05) is 24.3 Å². The Morgan fingerprint density at radius 3 is 2.57 bits per heavy atom. The minimum atomic E-state index is -4.60. The summed E-state index contributed by atoms with van der Waals surface area (Å²) in [5.41, 5.74) is 0.894. The molecule has 1 N–H and O–H groups in total. The molecular weight excluding hydrogens is 395 g/mol. The largest absolute Gasteiger partial charge is 0.433 e. The molecule has 0 radical (unpaired) electrons. The van der Waals surface area contributed by atoms with Gasteiger partial charge in [0.2, 0.25) is 0 Å². The molecule has 2 aromatic heterocycles. The summed E-state index contributed by atoms with van der Waals surface area (Å²) >= 11 is 0. The molecule has 1 unspecified atom stereocenters. The standard InChI is InChI=1S/C21H20F3N5O/c1-14-13-30-11-10-29(14)16-7-5-15(6-8-16)26-19-12-18(21(22,23)24)27-20(28-19)17-4-2-3-9-25-17/h2-9,12,14H,10-11,13H2,1H3,(H,26,27,28). The van der Waals surface area contributed by atoms with E-state index in [0.717, 1.165) is 18.3 Å². The fraction of sp³-hybridized carbons (Fsp3) is 0.286. The molecule has 30 heavy (non-hydrogen) atoms. The van der Waals surface area contributed by atoms with Crippen LogP contribution in [0.5, 0.6) is 0 Å². The molecule has 6 nitrogen and oxygen atoms in total. The number of halogens is 3. The van der Waals surface area contributed by atoms with Gasteiger partial charge in [-0.05, 0) is 43.3 Å². The Morgan fingerprint density at radius 1 is 1.10 bits per heavy atom. The van der Waals surface area contributed by atoms with Crippen molar-refractivity contribution in [2.24, 2.45) is 0 Å². The summed E-state index contributed by atoms with van der Waals surface area (Å²) in [7, 11) is 0. The maximum absolute atomic E-state index is 13.3. The Labute approximate surface area is 171 Å². The van der Waals surface area contributed by atoms with Crippen molar-refractivity contribution in [2.45, 2.75) is 19.1 Å². The van der Waals surface area contributed by atoms with Gasteiger partial charge in [0.05, 0.1) is 13.2 Å². The van der Waals surface area contributed by atoms with Gasteiger partial charge in [0.1, 0.15) is 11.5 Å². The number of nitrogens with one attached hydrogen (secondary N) is 1. The summed E-state index contributed by atoms with van der Waals surface area (Å²) in [6, 6.07) is 13.5. The lowest BCUT2D eigenvalue weighted by Gasteiger charge is -2.35. The van der Waals surface area contributed by atoms with Gasteiger partial charge in [-0.25, -0.2) is 9.97 Å². The number of anilines is 3. The van der Waals surface area contributed by atoms with Crippen LogP contribution in [0.25, 0.3) is 11.5 Å². The number of alkyl halides is 3. The zero-order valence-corrected chi connectivity index (χ0v) is 16.2. The zero-order valence-electron chi connectivity index (χ0n) is 16.2. The zero-order chi connectivity index (χ0) is 21.1. The highest BCUT2D eigenvalue weighted by atomic mass is 19.4. The second-order valence-electron chi connectivity index (χ2n) is 6.96. The van der Waals surface area contributed by atoms with Crippen LogP contribution >= 0.6 is 0 Å². The van der Waals surface area contributed by atoms with E-state index in [9.17, 15) is 13.2 Å². The van der Waals surface area contributed by atoms with Crippen LogP contribution in [0.2, 0.25) is 0 Å². The Hall–Kier alpha value is -3.20. The minimum absolute atomic E-state index is 0.0467. The second-order valence-corrected chi connectivity index (χ2v) is 6.96. The van der Waals surface area contributed by atoms with Crippen LogP contribution in [0, 0.1) is 0 Å². The molecule has 9 heteroatoms. The van der Waals surface area contributed by atoms with E-state index in [0.29, 0.717) is 18.9 Å². The molecule has 0 bridgehead atoms. The van der Waals surface area contributed by atoms with Crippen LogP contribution in [-0.2, 0) is 10.9 Å². The number of aromatic nitrogens is 3. The average molecular weight is 415 g/mol. The van der Waals surface area contributed by atoms with Crippen LogP contribution < -0.4 is 10.2 Å². The highest BCUT2D eigenvalue weighted by molar-refractivity contribution is 5.63. The number of pyridine rings is 1. The maximum Gasteiger partial charge on any atom is 0.433 e. The third-order valence-electron chi connectivity index (χ3n) is 4.75. The topological polar surface area (TPSA) is 63.2 Å². The van der Waals surface area contributed by atoms with Crippen molar-refractivity contribution < 1.29 is 17.9 Å². The maximum atomic E-state index is 13.3. The Balaban J connectivity index is 1.60. The molecule has 156 valence electrons. The molecule has 0 amide bonds. The van der Waals surface area contributed by atoms with Gasteiger partial charge in [0, 0.05) is 36.2 Å². The molecule has 1 aliphatic rings. The monoisotopic (exact) mass is 415 g/mol. The van der Waals surface area contributed by atoms with Gasteiger partial charge >= 0.3 is 6.18 Å². The number of ether oxygens (including phenoxy) is 1. The van der Waals surface area contributed by atoms with E-state index in [-0.39, 0.29) is 23.4 Å². The number of hydrogen-bond donors (Lipinski definition) is 1. The average Bonchev–Trinajstić information content (AvgIpc) is 2.75. The smallest absolute Gasteiger partial charge is 0.377 e. The summed E-state index contributed by atoms with van der Waals surface area (Å²) in [4.78, 5) is 14.2. The summed E-state index contributed by atoms with van der Waals surface area (Å²) < 4.78 is 45.5. The summed E-state index contributed by atoms with van der Waals surface area (Å²) in [6.45, 7) is 4.21. The Bertz CT molecular complexity index is 996. The van der Waals surface area contributed by atoms with Crippen molar-refractivity contribution in [1.82, 2.24) is 15.0 Å². The van der Waals surface area contributed by atoms with E-state index in [4.69, 9.17) is 4.74 Å². The second kappa shape index (κ2) is 8.27. The summed E-state index contributed by atoms with van der Waals surface area (Å²) in [6.07, 6.45) is -3.11. The van der Waals surface area contributed by atoms with Crippen molar-refractivity contribution in [1.29, 1.82) is 0 Å². The van der Waals surface area contributed by atoms with Gasteiger partial charge < -0.3 is 15.0 Å². The highest BCUT2D eigenvalue weighted by Crippen LogP contribution is 2.31. The minimum Gasteiger partial charge on any atom is -0.377 e. The van der Waals surface area contributed by atoms with E-state index < -0.39 is 11.9 Å². The first-order valence-corrected chi connectivity index (χ1v) is 9.49. The van der Waals surface area contributed by atoms with E-state index >= 15 is 0 Å². The molecule has 1 saturated heterocycles. The van der Waals surface area contributed by atoms with Crippen molar-refractivity contribution >= 4 is 17.2 Å². The van der Waals surface area contributed by atoms with Gasteiger partial charge in [0.15, 0.2) is 11.5 Å². The molecule has 0 spiro atoms. The fourth-order valence-electron chi connectivity index (χ4n) is 3.26. The number of nitrogens with zero attached hydrogens (tertiary/aromatic N) is 4. The van der Waals surface area contributed by atoms with Crippen molar-refractivity contribution in [3.63, 3.8) is 0 Å². The number of morpholine rings is 1. The predicted molar refractivity (Wildman–Crippen MR) is 108 cm³/mol. The van der Waals surface area contributed by atoms with Crippen LogP contribution in [0.4, 0.5) is 30.4 Å². The van der Waals surface area contributed by atoms with Gasteiger partial charge in [-0.2, -0.15) is 13.2 Å². The number of hydrogen-bond acceptors (Lipinski definition) is 6. The first-order chi connectivity index (χ1) is 14.4. The predicted octanol–water partition coefficient (Wildman–Crippen LogP) is 4.53. The van der Waals surface area contributed by atoms with Gasteiger partial charge in [0.25, 0.3) is 0 Å². The molecular formula is C21H20F3N5O. The van der Waals surface area contributed by atoms with Crippen LogP contribution in [0.15, 0.2) is 54.7 Å². The van der Waals surface area contributed by atoms with E-state index in [1.165, 1.54) is 6.20 Å². The lowest BCUT2D eigenvalue weighted by Crippen LogP contribution is -2.43. The quantitative estimate of drug-likeness (QED) is 0.676. The molecule has 1 fully saturated rings. The van der Waals surface area contributed by atoms with Crippen LogP contribution in [0.3, 0.4) is 0 Å². The molecule has 3 aromatic rings. The molecule has 0 aliphatic carbocycles. The number of benzene rings is 1. The van der Waals surface area contributed by atoms with Crippen LogP contribution in [0.1, 0.15) is 12.6 Å². The summed E-state index contributed by atoms with van der Waals surface area (Å²) in [5, 5.41) is 2.95. The van der Waals surface area contributed by atoms with Crippen LogP contribution in [-0.4, -0.2) is 40.8 Å².